The third kappa shape index (κ3) is 13.8. The third-order valence-electron chi connectivity index (χ3n) is 12.9. The molecule has 2 aromatic carbocycles. The molecule has 1 aliphatic carbocycles. The Morgan fingerprint density at radius 1 is 0.500 bits per heavy atom. The van der Waals surface area contributed by atoms with Crippen molar-refractivity contribution < 1.29 is 18.9 Å². The van der Waals surface area contributed by atoms with E-state index in [1.54, 1.807) is 0 Å². The van der Waals surface area contributed by atoms with Crippen LogP contribution in [0.25, 0.3) is 11.1 Å². The van der Waals surface area contributed by atoms with Gasteiger partial charge < -0.3 is 18.9 Å². The second-order valence-electron chi connectivity index (χ2n) is 17.0. The van der Waals surface area contributed by atoms with E-state index in [1.165, 1.54) is 151 Å². The van der Waals surface area contributed by atoms with E-state index >= 15 is 0 Å². The topological polar surface area (TPSA) is 36.9 Å². The zero-order valence-electron chi connectivity index (χ0n) is 33.8. The van der Waals surface area contributed by atoms with E-state index in [2.05, 4.69) is 76.2 Å². The molecule has 0 N–H and O–H groups in total. The van der Waals surface area contributed by atoms with Crippen LogP contribution in [-0.2, 0) is 31.8 Å². The molecule has 0 amide bonds. The molecule has 2 heterocycles. The number of aryl methyl sites for hydroxylation is 2. The molecule has 3 aliphatic rings. The van der Waals surface area contributed by atoms with Crippen LogP contribution in [0.3, 0.4) is 0 Å². The van der Waals surface area contributed by atoms with Crippen LogP contribution in [0.15, 0.2) is 48.5 Å². The summed E-state index contributed by atoms with van der Waals surface area (Å²) in [5, 5.41) is 0. The number of ether oxygens (including phenoxy) is 4. The van der Waals surface area contributed by atoms with Crippen LogP contribution in [0.4, 0.5) is 0 Å². The summed E-state index contributed by atoms with van der Waals surface area (Å²) in [6, 6.07) is 18.4. The number of unbranched alkanes of at least 4 members (excludes halogenated alkanes) is 10. The van der Waals surface area contributed by atoms with Crippen molar-refractivity contribution in [1.82, 2.24) is 0 Å². The van der Waals surface area contributed by atoms with Crippen LogP contribution < -0.4 is 0 Å². The van der Waals surface area contributed by atoms with E-state index in [4.69, 9.17) is 18.9 Å². The summed E-state index contributed by atoms with van der Waals surface area (Å²) in [5.74, 6) is 2.51. The highest BCUT2D eigenvalue weighted by Gasteiger charge is 2.35. The Bertz CT molecular complexity index is 1200. The first kappa shape index (κ1) is 41.4. The van der Waals surface area contributed by atoms with Gasteiger partial charge in [0.2, 0.25) is 0 Å². The largest absolute Gasteiger partial charge is 0.352 e. The lowest BCUT2D eigenvalue weighted by molar-refractivity contribution is -0.257. The molecule has 4 heteroatoms. The van der Waals surface area contributed by atoms with Crippen LogP contribution in [0.1, 0.15) is 167 Å². The van der Waals surface area contributed by atoms with Gasteiger partial charge in [-0.2, -0.15) is 0 Å². The number of hydrogen-bond acceptors (Lipinski definition) is 4. The van der Waals surface area contributed by atoms with Crippen LogP contribution in [0, 0.1) is 23.7 Å². The molecule has 0 aromatic heterocycles. The fraction of sp³-hybridized carbons (Fsp3) is 0.750. The molecule has 292 valence electrons. The van der Waals surface area contributed by atoms with Gasteiger partial charge in [0.15, 0.2) is 12.6 Å². The van der Waals surface area contributed by atoms with Crippen molar-refractivity contribution in [3.63, 3.8) is 0 Å². The molecule has 0 bridgehead atoms. The second kappa shape index (κ2) is 23.3. The van der Waals surface area contributed by atoms with Crippen molar-refractivity contribution in [2.75, 3.05) is 13.2 Å². The molecule has 0 radical (unpaired) electrons. The lowest BCUT2D eigenvalue weighted by atomic mass is 9.79. The summed E-state index contributed by atoms with van der Waals surface area (Å²) >= 11 is 0. The smallest absolute Gasteiger partial charge is 0.160 e. The molecule has 2 aliphatic heterocycles. The van der Waals surface area contributed by atoms with Crippen molar-refractivity contribution in [3.05, 3.63) is 59.7 Å². The summed E-state index contributed by atoms with van der Waals surface area (Å²) in [5.41, 5.74) is 5.41. The van der Waals surface area contributed by atoms with Gasteiger partial charge in [0, 0.05) is 24.2 Å². The van der Waals surface area contributed by atoms with Gasteiger partial charge >= 0.3 is 0 Å². The second-order valence-corrected chi connectivity index (χ2v) is 17.0. The van der Waals surface area contributed by atoms with Gasteiger partial charge in [-0.1, -0.05) is 139 Å². The van der Waals surface area contributed by atoms with Gasteiger partial charge in [0.05, 0.1) is 25.4 Å². The van der Waals surface area contributed by atoms with Crippen molar-refractivity contribution in [2.24, 2.45) is 23.7 Å². The zero-order chi connectivity index (χ0) is 36.4. The Morgan fingerprint density at radius 2 is 0.981 bits per heavy atom. The van der Waals surface area contributed by atoms with Crippen LogP contribution in [0.5, 0.6) is 0 Å². The monoisotopic (exact) mass is 717 g/mol. The van der Waals surface area contributed by atoms with Crippen molar-refractivity contribution >= 4 is 0 Å². The quantitative estimate of drug-likeness (QED) is 0.114. The predicted octanol–water partition coefficient (Wildman–Crippen LogP) is 13.3. The molecule has 2 saturated heterocycles. The van der Waals surface area contributed by atoms with E-state index < -0.39 is 0 Å². The van der Waals surface area contributed by atoms with E-state index in [-0.39, 0.29) is 12.6 Å². The fourth-order valence-corrected chi connectivity index (χ4v) is 9.01. The minimum atomic E-state index is -0.0747. The van der Waals surface area contributed by atoms with Crippen molar-refractivity contribution in [1.29, 1.82) is 0 Å². The Hall–Kier alpha value is -1.72. The molecule has 6 atom stereocenters. The van der Waals surface area contributed by atoms with E-state index in [0.717, 1.165) is 32.0 Å². The summed E-state index contributed by atoms with van der Waals surface area (Å²) in [7, 11) is 0. The zero-order valence-corrected chi connectivity index (χ0v) is 33.8. The van der Waals surface area contributed by atoms with Gasteiger partial charge in [-0.05, 0) is 99.8 Å². The molecule has 5 rings (SSSR count). The van der Waals surface area contributed by atoms with Gasteiger partial charge in [-0.25, -0.2) is 0 Å². The number of benzene rings is 2. The number of rotatable bonds is 22. The fourth-order valence-electron chi connectivity index (χ4n) is 9.01. The Kier molecular flexibility index (Phi) is 18.5. The highest BCUT2D eigenvalue weighted by atomic mass is 16.7. The maximum atomic E-state index is 6.48. The minimum absolute atomic E-state index is 0.0228. The first-order valence-corrected chi connectivity index (χ1v) is 22.2. The van der Waals surface area contributed by atoms with Gasteiger partial charge in [0.1, 0.15) is 0 Å². The Balaban J connectivity index is 0.939. The van der Waals surface area contributed by atoms with Gasteiger partial charge in [-0.15, -0.1) is 0 Å². The predicted molar refractivity (Wildman–Crippen MR) is 218 cm³/mol. The van der Waals surface area contributed by atoms with Crippen LogP contribution >= 0.6 is 0 Å². The Labute approximate surface area is 319 Å². The molecular weight excluding hydrogens is 641 g/mol. The molecule has 0 spiro atoms. The minimum Gasteiger partial charge on any atom is -0.352 e. The maximum absolute atomic E-state index is 6.48. The molecule has 2 aromatic rings. The lowest BCUT2D eigenvalue weighted by Gasteiger charge is -2.40. The molecule has 1 saturated carbocycles. The number of hydrogen-bond donors (Lipinski definition) is 0. The lowest BCUT2D eigenvalue weighted by Crippen LogP contribution is -2.42. The van der Waals surface area contributed by atoms with Gasteiger partial charge in [0.25, 0.3) is 0 Å². The van der Waals surface area contributed by atoms with Crippen LogP contribution in [-0.4, -0.2) is 38.0 Å². The Morgan fingerprint density at radius 3 is 1.50 bits per heavy atom. The summed E-state index contributed by atoms with van der Waals surface area (Å²) < 4.78 is 25.3. The molecule has 52 heavy (non-hydrogen) atoms. The van der Waals surface area contributed by atoms with Gasteiger partial charge in [-0.3, -0.25) is 0 Å². The molecule has 1 unspecified atom stereocenters. The summed E-state index contributed by atoms with van der Waals surface area (Å²) in [6.07, 6.45) is 28.8. The summed E-state index contributed by atoms with van der Waals surface area (Å²) in [6.45, 7) is 10.9. The molecule has 3 fully saturated rings. The SMILES string of the molecule is CCCCCCCC[C@@H]1CO[C@@H](CCc2ccc(-c3ccc(CCC4CCC([C@@H]5OC[C@@H](CCCCCCCC)[C@H](C)O5)CC4)cc3)cc2)OC1C. The van der Waals surface area contributed by atoms with Crippen molar-refractivity contribution in [2.45, 2.75) is 194 Å². The van der Waals surface area contributed by atoms with E-state index in [9.17, 15) is 0 Å². The molecular formula is C48H76O4. The normalized spacial score (nSPS) is 28.2. The van der Waals surface area contributed by atoms with Crippen LogP contribution in [0.2, 0.25) is 0 Å². The third-order valence-corrected chi connectivity index (χ3v) is 12.9. The highest BCUT2D eigenvalue weighted by Crippen LogP contribution is 2.38. The average molecular weight is 717 g/mol. The van der Waals surface area contributed by atoms with Crippen molar-refractivity contribution in [3.8, 4) is 11.1 Å². The maximum Gasteiger partial charge on any atom is 0.160 e. The summed E-state index contributed by atoms with van der Waals surface area (Å²) in [4.78, 5) is 0. The first-order valence-electron chi connectivity index (χ1n) is 22.2. The average Bonchev–Trinajstić information content (AvgIpc) is 3.17. The first-order chi connectivity index (χ1) is 25.5. The molecule has 4 nitrogen and oxygen atoms in total. The highest BCUT2D eigenvalue weighted by molar-refractivity contribution is 5.64. The van der Waals surface area contributed by atoms with E-state index in [1.807, 2.05) is 0 Å². The van der Waals surface area contributed by atoms with E-state index in [0.29, 0.717) is 30.0 Å². The standard InChI is InChI=1S/C48H76O4/c1-5-7-9-11-13-15-17-45-35-49-47(51-37(45)3)34-27-41-23-30-43(31-24-41)42-28-21-39(22-29-42)19-20-40-25-32-44(33-26-40)48-50-36-46(38(4)52-48)18-16-14-12-10-8-6-2/h21-24,28-31,37-38,40,44-48H,5-20,25-27,32-36H2,1-4H3/t37?,38-,40?,44?,45+,46+,47+,48+/m0/s1.